The SMILES string of the molecule is CC(C)C1(C(=O)Nc2ccc([N+](=O)[O-])cc2O)CCNC1. The van der Waals surface area contributed by atoms with Crippen molar-refractivity contribution in [1.29, 1.82) is 0 Å². The van der Waals surface area contributed by atoms with E-state index < -0.39 is 10.3 Å². The molecule has 0 saturated carbocycles. The zero-order valence-corrected chi connectivity index (χ0v) is 12.0. The summed E-state index contributed by atoms with van der Waals surface area (Å²) in [6.45, 7) is 5.34. The number of nitro benzene ring substituents is 1. The lowest BCUT2D eigenvalue weighted by Gasteiger charge is -2.31. The molecular weight excluding hydrogens is 274 g/mol. The number of phenols is 1. The van der Waals surface area contributed by atoms with Crippen LogP contribution < -0.4 is 10.6 Å². The molecule has 1 amide bonds. The second kappa shape index (κ2) is 5.69. The Balaban J connectivity index is 2.21. The van der Waals surface area contributed by atoms with Crippen LogP contribution >= 0.6 is 0 Å². The smallest absolute Gasteiger partial charge is 0.273 e. The number of benzene rings is 1. The van der Waals surface area contributed by atoms with Gasteiger partial charge in [-0.3, -0.25) is 14.9 Å². The second-order valence-electron chi connectivity index (χ2n) is 5.65. The van der Waals surface area contributed by atoms with Gasteiger partial charge in [0.1, 0.15) is 5.75 Å². The standard InChI is InChI=1S/C14H19N3O4/c1-9(2)14(5-6-15-8-14)13(19)16-11-4-3-10(17(20)21)7-12(11)18/h3-4,7,9,15,18H,5-6,8H2,1-2H3,(H,16,19). The number of anilines is 1. The van der Waals surface area contributed by atoms with Crippen LogP contribution in [0.1, 0.15) is 20.3 Å². The number of phenolic OH excluding ortho intramolecular Hbond substituents is 1. The molecule has 0 aromatic heterocycles. The van der Waals surface area contributed by atoms with Crippen molar-refractivity contribution in [3.05, 3.63) is 28.3 Å². The van der Waals surface area contributed by atoms with Gasteiger partial charge in [-0.25, -0.2) is 0 Å². The number of carbonyl (C=O) groups excluding carboxylic acids is 1. The van der Waals surface area contributed by atoms with E-state index in [-0.39, 0.29) is 28.9 Å². The van der Waals surface area contributed by atoms with Gasteiger partial charge >= 0.3 is 0 Å². The van der Waals surface area contributed by atoms with Crippen LogP contribution in [0.2, 0.25) is 0 Å². The average molecular weight is 293 g/mol. The molecule has 1 saturated heterocycles. The normalized spacial score (nSPS) is 21.5. The monoisotopic (exact) mass is 293 g/mol. The Bertz CT molecular complexity index is 565. The Morgan fingerprint density at radius 3 is 2.71 bits per heavy atom. The first kappa shape index (κ1) is 15.2. The summed E-state index contributed by atoms with van der Waals surface area (Å²) in [5.74, 6) is -0.332. The van der Waals surface area contributed by atoms with Crippen LogP contribution in [-0.2, 0) is 4.79 Å². The fourth-order valence-electron chi connectivity index (χ4n) is 2.65. The van der Waals surface area contributed by atoms with Crippen molar-refractivity contribution in [2.24, 2.45) is 11.3 Å². The molecule has 0 spiro atoms. The molecule has 114 valence electrons. The van der Waals surface area contributed by atoms with E-state index in [1.54, 1.807) is 0 Å². The molecule has 1 aliphatic rings. The third kappa shape index (κ3) is 2.82. The Kier molecular flexibility index (Phi) is 4.13. The number of nitrogens with zero attached hydrogens (tertiary/aromatic N) is 1. The van der Waals surface area contributed by atoms with Gasteiger partial charge in [0.15, 0.2) is 0 Å². The lowest BCUT2D eigenvalue weighted by atomic mass is 9.75. The minimum Gasteiger partial charge on any atom is -0.506 e. The maximum Gasteiger partial charge on any atom is 0.273 e. The van der Waals surface area contributed by atoms with Crippen LogP contribution in [-0.4, -0.2) is 29.0 Å². The van der Waals surface area contributed by atoms with Crippen LogP contribution in [0.15, 0.2) is 18.2 Å². The van der Waals surface area contributed by atoms with Gasteiger partial charge in [-0.1, -0.05) is 13.8 Å². The molecule has 7 heteroatoms. The highest BCUT2D eigenvalue weighted by Gasteiger charge is 2.44. The summed E-state index contributed by atoms with van der Waals surface area (Å²) in [5, 5.41) is 26.3. The van der Waals surface area contributed by atoms with E-state index in [9.17, 15) is 20.0 Å². The van der Waals surface area contributed by atoms with Crippen LogP contribution in [0.25, 0.3) is 0 Å². The molecule has 1 aliphatic heterocycles. The first-order valence-electron chi connectivity index (χ1n) is 6.86. The third-order valence-electron chi connectivity index (χ3n) is 4.19. The van der Waals surface area contributed by atoms with Crippen molar-refractivity contribution in [1.82, 2.24) is 5.32 Å². The summed E-state index contributed by atoms with van der Waals surface area (Å²) in [6, 6.07) is 3.64. The second-order valence-corrected chi connectivity index (χ2v) is 5.65. The lowest BCUT2D eigenvalue weighted by molar-refractivity contribution is -0.384. The maximum absolute atomic E-state index is 12.6. The number of rotatable bonds is 4. The minimum absolute atomic E-state index is 0.146. The first-order chi connectivity index (χ1) is 9.86. The van der Waals surface area contributed by atoms with E-state index in [1.165, 1.54) is 12.1 Å². The summed E-state index contributed by atoms with van der Waals surface area (Å²) >= 11 is 0. The number of hydrogen-bond acceptors (Lipinski definition) is 5. The largest absolute Gasteiger partial charge is 0.506 e. The van der Waals surface area contributed by atoms with E-state index >= 15 is 0 Å². The molecule has 3 N–H and O–H groups in total. The molecule has 1 atom stereocenters. The highest BCUT2D eigenvalue weighted by atomic mass is 16.6. The fourth-order valence-corrected chi connectivity index (χ4v) is 2.65. The van der Waals surface area contributed by atoms with Crippen LogP contribution in [0.3, 0.4) is 0 Å². The molecule has 1 aromatic rings. The highest BCUT2D eigenvalue weighted by molar-refractivity contribution is 5.97. The van der Waals surface area contributed by atoms with Gasteiger partial charge in [-0.15, -0.1) is 0 Å². The van der Waals surface area contributed by atoms with Crippen molar-refractivity contribution in [3.8, 4) is 5.75 Å². The fraction of sp³-hybridized carbons (Fsp3) is 0.500. The summed E-state index contributed by atoms with van der Waals surface area (Å²) in [7, 11) is 0. The van der Waals surface area contributed by atoms with Crippen LogP contribution in [0.5, 0.6) is 5.75 Å². The molecule has 0 bridgehead atoms. The topological polar surface area (TPSA) is 104 Å². The Labute approximate surface area is 122 Å². The zero-order chi connectivity index (χ0) is 15.6. The molecular formula is C14H19N3O4. The van der Waals surface area contributed by atoms with E-state index in [2.05, 4.69) is 10.6 Å². The summed E-state index contributed by atoms with van der Waals surface area (Å²) in [4.78, 5) is 22.6. The number of nitrogens with one attached hydrogen (secondary N) is 2. The Morgan fingerprint density at radius 2 is 2.24 bits per heavy atom. The average Bonchev–Trinajstić information content (AvgIpc) is 2.91. The number of hydrogen-bond donors (Lipinski definition) is 3. The summed E-state index contributed by atoms with van der Waals surface area (Å²) in [5.41, 5.74) is -0.544. The van der Waals surface area contributed by atoms with Gasteiger partial charge in [0.25, 0.3) is 5.69 Å². The van der Waals surface area contributed by atoms with E-state index in [0.29, 0.717) is 6.54 Å². The van der Waals surface area contributed by atoms with Crippen molar-refractivity contribution in [3.63, 3.8) is 0 Å². The number of aromatic hydroxyl groups is 1. The summed E-state index contributed by atoms with van der Waals surface area (Å²) in [6.07, 6.45) is 0.726. The van der Waals surface area contributed by atoms with Crippen molar-refractivity contribution in [2.45, 2.75) is 20.3 Å². The van der Waals surface area contributed by atoms with Gasteiger partial charge in [-0.2, -0.15) is 0 Å². The Hall–Kier alpha value is -2.15. The first-order valence-corrected chi connectivity index (χ1v) is 6.86. The molecule has 0 aliphatic carbocycles. The predicted molar refractivity (Wildman–Crippen MR) is 78.1 cm³/mol. The highest BCUT2D eigenvalue weighted by Crippen LogP contribution is 2.37. The van der Waals surface area contributed by atoms with E-state index in [4.69, 9.17) is 0 Å². The van der Waals surface area contributed by atoms with E-state index in [0.717, 1.165) is 19.0 Å². The molecule has 2 rings (SSSR count). The van der Waals surface area contributed by atoms with Crippen molar-refractivity contribution in [2.75, 3.05) is 18.4 Å². The van der Waals surface area contributed by atoms with Gasteiger partial charge in [-0.05, 0) is 24.9 Å². The van der Waals surface area contributed by atoms with Gasteiger partial charge in [0.2, 0.25) is 5.91 Å². The summed E-state index contributed by atoms with van der Waals surface area (Å²) < 4.78 is 0. The zero-order valence-electron chi connectivity index (χ0n) is 12.0. The van der Waals surface area contributed by atoms with Crippen LogP contribution in [0.4, 0.5) is 11.4 Å². The Morgan fingerprint density at radius 1 is 1.52 bits per heavy atom. The quantitative estimate of drug-likeness (QED) is 0.446. The molecule has 1 fully saturated rings. The van der Waals surface area contributed by atoms with Gasteiger partial charge in [0.05, 0.1) is 22.1 Å². The van der Waals surface area contributed by atoms with E-state index in [1.807, 2.05) is 13.8 Å². The number of amides is 1. The molecule has 0 radical (unpaired) electrons. The van der Waals surface area contributed by atoms with Crippen molar-refractivity contribution < 1.29 is 14.8 Å². The number of carbonyl (C=O) groups is 1. The number of nitro groups is 1. The van der Waals surface area contributed by atoms with Gasteiger partial charge in [0, 0.05) is 12.6 Å². The predicted octanol–water partition coefficient (Wildman–Crippen LogP) is 1.87. The molecule has 21 heavy (non-hydrogen) atoms. The lowest BCUT2D eigenvalue weighted by Crippen LogP contribution is -2.42. The minimum atomic E-state index is -0.595. The van der Waals surface area contributed by atoms with Gasteiger partial charge < -0.3 is 15.7 Å². The third-order valence-corrected chi connectivity index (χ3v) is 4.19. The molecule has 7 nitrogen and oxygen atoms in total. The molecule has 1 heterocycles. The molecule has 1 unspecified atom stereocenters. The van der Waals surface area contributed by atoms with Crippen LogP contribution in [0, 0.1) is 21.4 Å². The maximum atomic E-state index is 12.6. The molecule has 1 aromatic carbocycles. The van der Waals surface area contributed by atoms with Crippen molar-refractivity contribution >= 4 is 17.3 Å². The number of non-ortho nitro benzene ring substituents is 1.